The number of aromatic amines is 2. The van der Waals surface area contributed by atoms with Gasteiger partial charge in [0.2, 0.25) is 0 Å². The van der Waals surface area contributed by atoms with E-state index in [1.54, 1.807) is 43.0 Å². The second-order valence-electron chi connectivity index (χ2n) is 8.75. The monoisotopic (exact) mass is 482 g/mol. The summed E-state index contributed by atoms with van der Waals surface area (Å²) in [6, 6.07) is 9.79. The summed E-state index contributed by atoms with van der Waals surface area (Å²) in [4.78, 5) is 22.9. The molecule has 0 saturated heterocycles. The number of halogens is 2. The molecule has 6 rings (SSSR count). The number of nitrogens with zero attached hydrogens (tertiary/aromatic N) is 6. The van der Waals surface area contributed by atoms with Crippen molar-refractivity contribution in [3.8, 4) is 34.0 Å². The van der Waals surface area contributed by atoms with E-state index in [9.17, 15) is 4.39 Å². The molecule has 0 fully saturated rings. The van der Waals surface area contributed by atoms with Crippen molar-refractivity contribution >= 4 is 21.9 Å². The third-order valence-electron chi connectivity index (χ3n) is 5.83. The van der Waals surface area contributed by atoms with Crippen LogP contribution in [-0.2, 0) is 6.54 Å². The standard InChI is InChI=1S/C26H20F2N8/c1-36(2)13-14-8-16(11-29-10-14)22-21(28)20-19(12-31-22)34-35-25(20)26-32-18-6-7-30-23(24(18)33-26)15-4-3-5-17(27)9-15/h3-12H,13H2,1-2H3,(H,32,33)(H,34,35). The van der Waals surface area contributed by atoms with Crippen molar-refractivity contribution in [2.24, 2.45) is 0 Å². The predicted molar refractivity (Wildman–Crippen MR) is 133 cm³/mol. The van der Waals surface area contributed by atoms with Gasteiger partial charge in [0.05, 0.1) is 28.3 Å². The van der Waals surface area contributed by atoms with Crippen LogP contribution in [0.15, 0.2) is 61.2 Å². The zero-order chi connectivity index (χ0) is 24.8. The van der Waals surface area contributed by atoms with E-state index in [2.05, 4.69) is 35.1 Å². The van der Waals surface area contributed by atoms with Crippen LogP contribution in [0.1, 0.15) is 5.56 Å². The highest BCUT2D eigenvalue weighted by atomic mass is 19.1. The van der Waals surface area contributed by atoms with Crippen molar-refractivity contribution in [3.05, 3.63) is 78.4 Å². The summed E-state index contributed by atoms with van der Waals surface area (Å²) in [5.74, 6) is -0.534. The minimum Gasteiger partial charge on any atom is -0.336 e. The Balaban J connectivity index is 1.49. The number of pyridine rings is 3. The zero-order valence-electron chi connectivity index (χ0n) is 19.4. The minimum atomic E-state index is -0.524. The third-order valence-corrected chi connectivity index (χ3v) is 5.83. The van der Waals surface area contributed by atoms with Gasteiger partial charge in [0.15, 0.2) is 11.6 Å². The molecule has 6 aromatic rings. The molecule has 8 nitrogen and oxygen atoms in total. The lowest BCUT2D eigenvalue weighted by Crippen LogP contribution is -2.10. The number of hydrogen-bond donors (Lipinski definition) is 2. The molecule has 5 heterocycles. The largest absolute Gasteiger partial charge is 0.336 e. The number of imidazole rings is 1. The predicted octanol–water partition coefficient (Wildman–Crippen LogP) is 4.97. The molecule has 5 aromatic heterocycles. The Bertz CT molecular complexity index is 1740. The van der Waals surface area contributed by atoms with Crippen LogP contribution in [0.3, 0.4) is 0 Å². The highest BCUT2D eigenvalue weighted by Gasteiger charge is 2.21. The Kier molecular flexibility index (Phi) is 5.23. The van der Waals surface area contributed by atoms with Gasteiger partial charge in [-0.15, -0.1) is 0 Å². The first kappa shape index (κ1) is 21.9. The highest BCUT2D eigenvalue weighted by Crippen LogP contribution is 2.34. The van der Waals surface area contributed by atoms with Crippen LogP contribution >= 0.6 is 0 Å². The van der Waals surface area contributed by atoms with E-state index in [0.29, 0.717) is 51.4 Å². The number of benzene rings is 1. The Morgan fingerprint density at radius 1 is 0.889 bits per heavy atom. The highest BCUT2D eigenvalue weighted by molar-refractivity contribution is 5.97. The molecule has 1 aromatic carbocycles. The van der Waals surface area contributed by atoms with Crippen LogP contribution in [0.5, 0.6) is 0 Å². The van der Waals surface area contributed by atoms with Crippen LogP contribution in [0.2, 0.25) is 0 Å². The Morgan fingerprint density at radius 3 is 2.61 bits per heavy atom. The van der Waals surface area contributed by atoms with E-state index in [4.69, 9.17) is 0 Å². The number of aromatic nitrogens is 7. The van der Waals surface area contributed by atoms with Gasteiger partial charge < -0.3 is 9.88 Å². The summed E-state index contributed by atoms with van der Waals surface area (Å²) in [7, 11) is 3.91. The normalized spacial score (nSPS) is 11.7. The SMILES string of the molecule is CN(C)Cc1cncc(-c2ncc3[nH]nc(-c4nc5c(-c6cccc(F)c6)nccc5[nH]4)c3c2F)c1. The van der Waals surface area contributed by atoms with Gasteiger partial charge in [-0.3, -0.25) is 20.1 Å². The van der Waals surface area contributed by atoms with Crippen molar-refractivity contribution in [1.82, 2.24) is 40.0 Å². The van der Waals surface area contributed by atoms with Crippen molar-refractivity contribution in [3.63, 3.8) is 0 Å². The van der Waals surface area contributed by atoms with E-state index in [0.717, 1.165) is 5.56 Å². The second-order valence-corrected chi connectivity index (χ2v) is 8.75. The van der Waals surface area contributed by atoms with Gasteiger partial charge in [-0.05, 0) is 43.9 Å². The molecule has 36 heavy (non-hydrogen) atoms. The lowest BCUT2D eigenvalue weighted by molar-refractivity contribution is 0.402. The van der Waals surface area contributed by atoms with Crippen LogP contribution in [-0.4, -0.2) is 54.1 Å². The van der Waals surface area contributed by atoms with Crippen LogP contribution < -0.4 is 0 Å². The summed E-state index contributed by atoms with van der Waals surface area (Å²) in [6.07, 6.45) is 6.50. The molecule has 178 valence electrons. The molecule has 0 saturated carbocycles. The number of nitrogens with one attached hydrogen (secondary N) is 2. The molecule has 2 N–H and O–H groups in total. The van der Waals surface area contributed by atoms with Gasteiger partial charge in [-0.1, -0.05) is 12.1 Å². The molecule has 0 unspecified atom stereocenters. The van der Waals surface area contributed by atoms with E-state index in [-0.39, 0.29) is 16.9 Å². The van der Waals surface area contributed by atoms with Crippen LogP contribution in [0.4, 0.5) is 8.78 Å². The number of rotatable bonds is 5. The molecular formula is C26H20F2N8. The maximum Gasteiger partial charge on any atom is 0.161 e. The van der Waals surface area contributed by atoms with Crippen LogP contribution in [0, 0.1) is 11.6 Å². The van der Waals surface area contributed by atoms with E-state index in [1.165, 1.54) is 12.1 Å². The van der Waals surface area contributed by atoms with Crippen molar-refractivity contribution in [1.29, 1.82) is 0 Å². The Hall–Kier alpha value is -4.57. The number of hydrogen-bond acceptors (Lipinski definition) is 6. The Labute approximate surface area is 204 Å². The molecule has 0 spiro atoms. The van der Waals surface area contributed by atoms with Crippen molar-refractivity contribution in [2.75, 3.05) is 14.1 Å². The fraction of sp³-hybridized carbons (Fsp3) is 0.115. The second kappa shape index (κ2) is 8.58. The van der Waals surface area contributed by atoms with Gasteiger partial charge >= 0.3 is 0 Å². The summed E-state index contributed by atoms with van der Waals surface area (Å²) in [6.45, 7) is 0.669. The topological polar surface area (TPSA) is 99.3 Å². The smallest absolute Gasteiger partial charge is 0.161 e. The van der Waals surface area contributed by atoms with Crippen molar-refractivity contribution in [2.45, 2.75) is 6.54 Å². The van der Waals surface area contributed by atoms with E-state index >= 15 is 4.39 Å². The molecule has 0 amide bonds. The number of fused-ring (bicyclic) bond motifs is 2. The molecule has 0 radical (unpaired) electrons. The summed E-state index contributed by atoms with van der Waals surface area (Å²) in [5, 5.41) is 7.43. The summed E-state index contributed by atoms with van der Waals surface area (Å²) < 4.78 is 29.8. The summed E-state index contributed by atoms with van der Waals surface area (Å²) in [5.41, 5.74) is 4.75. The van der Waals surface area contributed by atoms with Gasteiger partial charge in [-0.2, -0.15) is 5.10 Å². The molecule has 0 aliphatic heterocycles. The first-order chi connectivity index (χ1) is 17.5. The zero-order valence-corrected chi connectivity index (χ0v) is 19.4. The average molecular weight is 482 g/mol. The maximum atomic E-state index is 15.9. The molecule has 0 aliphatic carbocycles. The quantitative estimate of drug-likeness (QED) is 0.360. The average Bonchev–Trinajstić information content (AvgIpc) is 3.48. The molecule has 0 aliphatic rings. The number of H-pyrrole nitrogens is 2. The lowest BCUT2D eigenvalue weighted by Gasteiger charge is -2.10. The third kappa shape index (κ3) is 3.77. The molecule has 0 bridgehead atoms. The molecular weight excluding hydrogens is 462 g/mol. The van der Waals surface area contributed by atoms with E-state index in [1.807, 2.05) is 25.1 Å². The van der Waals surface area contributed by atoms with Gasteiger partial charge in [-0.25, -0.2) is 13.8 Å². The Morgan fingerprint density at radius 2 is 1.78 bits per heavy atom. The maximum absolute atomic E-state index is 15.9. The van der Waals surface area contributed by atoms with Gasteiger partial charge in [0.25, 0.3) is 0 Å². The van der Waals surface area contributed by atoms with Crippen molar-refractivity contribution < 1.29 is 8.78 Å². The fourth-order valence-electron chi connectivity index (χ4n) is 4.31. The fourth-order valence-corrected chi connectivity index (χ4v) is 4.31. The van der Waals surface area contributed by atoms with Crippen LogP contribution in [0.25, 0.3) is 56.0 Å². The molecule has 10 heteroatoms. The first-order valence-corrected chi connectivity index (χ1v) is 11.2. The first-order valence-electron chi connectivity index (χ1n) is 11.2. The van der Waals surface area contributed by atoms with E-state index < -0.39 is 5.82 Å². The summed E-state index contributed by atoms with van der Waals surface area (Å²) >= 11 is 0. The molecule has 0 atom stereocenters. The van der Waals surface area contributed by atoms with Gasteiger partial charge in [0.1, 0.15) is 22.7 Å². The minimum absolute atomic E-state index is 0.177. The lowest BCUT2D eigenvalue weighted by atomic mass is 10.1. The van der Waals surface area contributed by atoms with Gasteiger partial charge in [0, 0.05) is 36.3 Å².